The zero-order chi connectivity index (χ0) is 16.4. The zero-order valence-electron chi connectivity index (χ0n) is 12.5. The molecule has 0 aliphatic heterocycles. The molecule has 120 valence electrons. The molecule has 1 amide bonds. The smallest absolute Gasteiger partial charge is 0.262 e. The van der Waals surface area contributed by atoms with E-state index in [-0.39, 0.29) is 5.91 Å². The van der Waals surface area contributed by atoms with E-state index >= 15 is 0 Å². The summed E-state index contributed by atoms with van der Waals surface area (Å²) in [4.78, 5) is 12.8. The number of furan rings is 1. The van der Waals surface area contributed by atoms with Gasteiger partial charge in [-0.3, -0.25) is 4.79 Å². The van der Waals surface area contributed by atoms with Gasteiger partial charge >= 0.3 is 0 Å². The molecule has 0 aliphatic carbocycles. The molecule has 0 saturated heterocycles. The maximum Gasteiger partial charge on any atom is 0.262 e. The minimum absolute atomic E-state index is 0.222. The van der Waals surface area contributed by atoms with E-state index in [1.165, 1.54) is 17.6 Å². The van der Waals surface area contributed by atoms with Crippen LogP contribution in [0.5, 0.6) is 0 Å². The Balaban J connectivity index is 1.65. The number of halogens is 1. The fraction of sp³-hybridized carbons (Fsp3) is 0.235. The molecule has 0 bridgehead atoms. The molecular weight excluding hydrogens is 334 g/mol. The Labute approximate surface area is 142 Å². The van der Waals surface area contributed by atoms with Crippen LogP contribution in [0, 0.1) is 6.92 Å². The summed E-state index contributed by atoms with van der Waals surface area (Å²) in [6.45, 7) is 2.34. The van der Waals surface area contributed by atoms with Gasteiger partial charge in [0.15, 0.2) is 0 Å². The molecule has 0 aliphatic rings. The first-order chi connectivity index (χ1) is 11.1. The minimum atomic E-state index is -0.731. The number of carbonyl (C=O) groups excluding carboxylic acids is 1. The van der Waals surface area contributed by atoms with Crippen molar-refractivity contribution in [3.8, 4) is 0 Å². The van der Waals surface area contributed by atoms with E-state index in [0.717, 1.165) is 15.6 Å². The van der Waals surface area contributed by atoms with Crippen LogP contribution in [0.4, 0.5) is 0 Å². The summed E-state index contributed by atoms with van der Waals surface area (Å²) in [5.41, 5.74) is 1.13. The van der Waals surface area contributed by atoms with Crippen molar-refractivity contribution in [1.82, 2.24) is 5.32 Å². The summed E-state index contributed by atoms with van der Waals surface area (Å²) in [6.07, 6.45) is 1.16. The van der Waals surface area contributed by atoms with Crippen LogP contribution in [0.25, 0.3) is 10.1 Å². The molecule has 2 aromatic heterocycles. The van der Waals surface area contributed by atoms with Gasteiger partial charge in [-0.15, -0.1) is 11.3 Å². The highest BCUT2D eigenvalue weighted by Gasteiger charge is 2.17. The number of aryl methyl sites for hydroxylation is 1. The Kier molecular flexibility index (Phi) is 4.71. The van der Waals surface area contributed by atoms with Crippen LogP contribution in [0.3, 0.4) is 0 Å². The van der Waals surface area contributed by atoms with Gasteiger partial charge in [0.1, 0.15) is 16.7 Å². The zero-order valence-corrected chi connectivity index (χ0v) is 14.1. The van der Waals surface area contributed by atoms with Gasteiger partial charge in [-0.1, -0.05) is 23.7 Å². The van der Waals surface area contributed by atoms with Crippen LogP contribution in [-0.4, -0.2) is 17.6 Å². The van der Waals surface area contributed by atoms with E-state index in [9.17, 15) is 9.90 Å². The highest BCUT2D eigenvalue weighted by molar-refractivity contribution is 7.21. The lowest BCUT2D eigenvalue weighted by atomic mass is 10.2. The second-order valence-corrected chi connectivity index (χ2v) is 6.75. The van der Waals surface area contributed by atoms with E-state index in [1.807, 2.05) is 25.1 Å². The summed E-state index contributed by atoms with van der Waals surface area (Å²) >= 11 is 7.69. The van der Waals surface area contributed by atoms with Crippen LogP contribution < -0.4 is 5.32 Å². The number of fused-ring (bicyclic) bond motifs is 1. The molecule has 23 heavy (non-hydrogen) atoms. The van der Waals surface area contributed by atoms with Crippen molar-refractivity contribution in [3.63, 3.8) is 0 Å². The average Bonchev–Trinajstić information content (AvgIpc) is 3.15. The largest absolute Gasteiger partial charge is 0.467 e. The molecular formula is C17H16ClNO3S. The number of benzene rings is 1. The third kappa shape index (κ3) is 3.42. The van der Waals surface area contributed by atoms with Crippen molar-refractivity contribution in [3.05, 3.63) is 57.8 Å². The van der Waals surface area contributed by atoms with E-state index in [2.05, 4.69) is 5.32 Å². The highest BCUT2D eigenvalue weighted by Crippen LogP contribution is 2.35. The van der Waals surface area contributed by atoms with Gasteiger partial charge in [0.05, 0.1) is 11.3 Å². The van der Waals surface area contributed by atoms with Gasteiger partial charge in [-0.05, 0) is 37.1 Å². The predicted molar refractivity (Wildman–Crippen MR) is 92.2 cm³/mol. The normalized spacial score (nSPS) is 12.5. The number of thiophene rings is 1. The topological polar surface area (TPSA) is 62.5 Å². The molecule has 2 N–H and O–H groups in total. The lowest BCUT2D eigenvalue weighted by molar-refractivity contribution is 0.0940. The highest BCUT2D eigenvalue weighted by atomic mass is 35.5. The van der Waals surface area contributed by atoms with Crippen molar-refractivity contribution in [2.45, 2.75) is 19.4 Å². The number of amides is 1. The van der Waals surface area contributed by atoms with Crippen LogP contribution in [0.1, 0.15) is 33.5 Å². The van der Waals surface area contributed by atoms with Gasteiger partial charge in [-0.2, -0.15) is 0 Å². The minimum Gasteiger partial charge on any atom is -0.467 e. The summed E-state index contributed by atoms with van der Waals surface area (Å²) in [5.74, 6) is 0.273. The molecule has 0 unspecified atom stereocenters. The van der Waals surface area contributed by atoms with Gasteiger partial charge in [-0.25, -0.2) is 0 Å². The van der Waals surface area contributed by atoms with E-state index in [1.54, 1.807) is 12.1 Å². The number of rotatable bonds is 5. The number of carbonyl (C=O) groups is 1. The molecule has 4 nitrogen and oxygen atoms in total. The van der Waals surface area contributed by atoms with Gasteiger partial charge in [0.2, 0.25) is 0 Å². The van der Waals surface area contributed by atoms with Gasteiger partial charge in [0, 0.05) is 16.6 Å². The Morgan fingerprint density at radius 3 is 3.00 bits per heavy atom. The number of hydrogen-bond donors (Lipinski definition) is 2. The first-order valence-electron chi connectivity index (χ1n) is 7.24. The standard InChI is InChI=1S/C17H16ClNO3S/c1-10-4-5-11-14(9-10)23-16(15(11)18)17(21)19-7-6-12(20)13-3-2-8-22-13/h2-5,8-9,12,20H,6-7H2,1H3,(H,19,21)/t12-/m0/s1. The number of hydrogen-bond acceptors (Lipinski definition) is 4. The van der Waals surface area contributed by atoms with Crippen LogP contribution in [-0.2, 0) is 0 Å². The second-order valence-electron chi connectivity index (χ2n) is 5.32. The third-order valence-electron chi connectivity index (χ3n) is 3.57. The fourth-order valence-corrected chi connectivity index (χ4v) is 3.88. The van der Waals surface area contributed by atoms with E-state index in [0.29, 0.717) is 28.6 Å². The maximum atomic E-state index is 12.3. The Bertz CT molecular complexity index is 826. The van der Waals surface area contributed by atoms with Crippen molar-refractivity contribution < 1.29 is 14.3 Å². The summed E-state index contributed by atoms with van der Waals surface area (Å²) in [6, 6.07) is 9.35. The molecule has 0 radical (unpaired) electrons. The fourth-order valence-electron chi connectivity index (χ4n) is 2.34. The molecule has 6 heteroatoms. The van der Waals surface area contributed by atoms with E-state index < -0.39 is 6.10 Å². The molecule has 1 aromatic carbocycles. The quantitative estimate of drug-likeness (QED) is 0.721. The van der Waals surface area contributed by atoms with Gasteiger partial charge in [0.25, 0.3) is 5.91 Å². The third-order valence-corrected chi connectivity index (χ3v) is 5.22. The molecule has 3 rings (SSSR count). The van der Waals surface area contributed by atoms with Crippen LogP contribution in [0.2, 0.25) is 5.02 Å². The first-order valence-corrected chi connectivity index (χ1v) is 8.44. The molecule has 0 fully saturated rings. The summed E-state index contributed by atoms with van der Waals surface area (Å²) < 4.78 is 6.12. The Morgan fingerprint density at radius 1 is 1.43 bits per heavy atom. The average molecular weight is 350 g/mol. The van der Waals surface area contributed by atoms with Crippen molar-refractivity contribution in [2.75, 3.05) is 6.54 Å². The first kappa shape index (κ1) is 16.1. The Hall–Kier alpha value is -1.82. The number of aliphatic hydroxyl groups excluding tert-OH is 1. The van der Waals surface area contributed by atoms with Crippen LogP contribution in [0.15, 0.2) is 41.0 Å². The lowest BCUT2D eigenvalue weighted by Gasteiger charge is -2.08. The van der Waals surface area contributed by atoms with E-state index in [4.69, 9.17) is 16.0 Å². The monoisotopic (exact) mass is 349 g/mol. The molecule has 0 spiro atoms. The maximum absolute atomic E-state index is 12.3. The summed E-state index contributed by atoms with van der Waals surface area (Å²) in [5, 5.41) is 14.1. The second kappa shape index (κ2) is 6.74. The van der Waals surface area contributed by atoms with Crippen molar-refractivity contribution in [2.24, 2.45) is 0 Å². The lowest BCUT2D eigenvalue weighted by Crippen LogP contribution is -2.25. The van der Waals surface area contributed by atoms with Crippen molar-refractivity contribution in [1.29, 1.82) is 0 Å². The molecule has 1 atom stereocenters. The molecule has 0 saturated carbocycles. The van der Waals surface area contributed by atoms with Gasteiger partial charge < -0.3 is 14.8 Å². The van der Waals surface area contributed by atoms with Crippen molar-refractivity contribution >= 4 is 38.9 Å². The van der Waals surface area contributed by atoms with Crippen LogP contribution >= 0.6 is 22.9 Å². The summed E-state index contributed by atoms with van der Waals surface area (Å²) in [7, 11) is 0. The number of aliphatic hydroxyl groups is 1. The predicted octanol–water partition coefficient (Wildman–Crippen LogP) is 4.31. The SMILES string of the molecule is Cc1ccc2c(Cl)c(C(=O)NCC[C@H](O)c3ccco3)sc2c1. The number of nitrogens with one attached hydrogen (secondary N) is 1. The molecule has 2 heterocycles. The molecule has 3 aromatic rings. The Morgan fingerprint density at radius 2 is 2.26 bits per heavy atom.